The zero-order valence-electron chi connectivity index (χ0n) is 13.0. The van der Waals surface area contributed by atoms with Crippen molar-refractivity contribution in [2.24, 2.45) is 0 Å². The Kier molecular flexibility index (Phi) is 7.75. The van der Waals surface area contributed by atoms with Crippen LogP contribution in [0, 0.1) is 0 Å². The third-order valence-corrected chi connectivity index (χ3v) is 3.49. The monoisotopic (exact) mass is 412 g/mol. The number of carboxylic acid groups (broad SMARTS) is 1. The number of carboxylic acids is 1. The fourth-order valence-corrected chi connectivity index (χ4v) is 1.92. The molecule has 0 aliphatic carbocycles. The van der Waals surface area contributed by atoms with Crippen molar-refractivity contribution in [1.82, 2.24) is 0 Å². The molecule has 156 valence electrons. The minimum Gasteiger partial charge on any atom is -0.481 e. The van der Waals surface area contributed by atoms with Gasteiger partial charge >= 0.3 is 35.8 Å². The normalized spacial score (nSPS) is 14.6. The molecule has 0 heterocycles. The first-order chi connectivity index (χ1) is 11.4. The van der Waals surface area contributed by atoms with Gasteiger partial charge in [0.1, 0.15) is 0 Å². The van der Waals surface area contributed by atoms with Crippen molar-refractivity contribution in [3.05, 3.63) is 0 Å². The molecule has 13 heteroatoms. The van der Waals surface area contributed by atoms with Crippen molar-refractivity contribution in [3.8, 4) is 0 Å². The van der Waals surface area contributed by atoms with Gasteiger partial charge in [-0.2, -0.15) is 48.3 Å². The van der Waals surface area contributed by atoms with Gasteiger partial charge in [0.15, 0.2) is 0 Å². The van der Waals surface area contributed by atoms with E-state index >= 15 is 0 Å². The molecule has 0 saturated carbocycles. The average molecular weight is 412 g/mol. The SMILES string of the molecule is O=C(O)CCCCCCCC(F)(F)C(F)(F)C(F)(F)C(F)(F)C(F)(F)F. The Hall–Kier alpha value is -1.30. The Morgan fingerprint density at radius 1 is 0.615 bits per heavy atom. The molecule has 0 aliphatic rings. The van der Waals surface area contributed by atoms with E-state index in [-0.39, 0.29) is 32.1 Å². The Morgan fingerprint density at radius 2 is 1.04 bits per heavy atom. The first kappa shape index (κ1) is 24.7. The molecule has 0 bridgehead atoms. The van der Waals surface area contributed by atoms with Crippen molar-refractivity contribution >= 4 is 5.97 Å². The summed E-state index contributed by atoms with van der Waals surface area (Å²) < 4.78 is 140. The predicted octanol–water partition coefficient (Wildman–Crippen LogP) is 5.91. The Balaban J connectivity index is 4.91. The van der Waals surface area contributed by atoms with Gasteiger partial charge in [-0.1, -0.05) is 19.3 Å². The summed E-state index contributed by atoms with van der Waals surface area (Å²) in [6, 6.07) is 0. The lowest BCUT2D eigenvalue weighted by Gasteiger charge is -2.37. The van der Waals surface area contributed by atoms with Gasteiger partial charge in [-0.25, -0.2) is 0 Å². The Morgan fingerprint density at radius 3 is 1.46 bits per heavy atom. The van der Waals surface area contributed by atoms with E-state index in [0.717, 1.165) is 0 Å². The molecule has 2 nitrogen and oxygen atoms in total. The number of unbranched alkanes of at least 4 members (excludes halogenated alkanes) is 4. The Labute approximate surface area is 140 Å². The summed E-state index contributed by atoms with van der Waals surface area (Å²) in [7, 11) is 0. The average Bonchev–Trinajstić information content (AvgIpc) is 2.43. The molecule has 0 aromatic heterocycles. The number of rotatable bonds is 11. The molecule has 0 aliphatic heterocycles. The minimum atomic E-state index is -7.36. The van der Waals surface area contributed by atoms with Crippen LogP contribution in [0.25, 0.3) is 0 Å². The zero-order chi connectivity index (χ0) is 21.0. The van der Waals surface area contributed by atoms with Crippen LogP contribution < -0.4 is 0 Å². The van der Waals surface area contributed by atoms with Crippen LogP contribution in [-0.2, 0) is 4.79 Å². The number of hydrogen-bond donors (Lipinski definition) is 1. The van der Waals surface area contributed by atoms with E-state index in [1.54, 1.807) is 0 Å². The molecule has 0 aromatic rings. The largest absolute Gasteiger partial charge is 0.481 e. The molecule has 0 radical (unpaired) electrons. The highest BCUT2D eigenvalue weighted by Gasteiger charge is 2.86. The molecule has 0 aromatic carbocycles. The first-order valence-corrected chi connectivity index (χ1v) is 7.21. The highest BCUT2D eigenvalue weighted by Crippen LogP contribution is 2.58. The van der Waals surface area contributed by atoms with E-state index in [1.807, 2.05) is 0 Å². The van der Waals surface area contributed by atoms with Crippen LogP contribution in [0.1, 0.15) is 44.9 Å². The van der Waals surface area contributed by atoms with E-state index in [0.29, 0.717) is 0 Å². The quantitative estimate of drug-likeness (QED) is 0.339. The zero-order valence-corrected chi connectivity index (χ0v) is 13.0. The van der Waals surface area contributed by atoms with Gasteiger partial charge in [0.2, 0.25) is 0 Å². The predicted molar refractivity (Wildman–Crippen MR) is 65.8 cm³/mol. The summed E-state index contributed by atoms with van der Waals surface area (Å²) in [6.45, 7) is 0. The van der Waals surface area contributed by atoms with Gasteiger partial charge in [-0.3, -0.25) is 4.79 Å². The maximum absolute atomic E-state index is 13.3. The van der Waals surface area contributed by atoms with Crippen LogP contribution in [0.3, 0.4) is 0 Å². The van der Waals surface area contributed by atoms with Crippen molar-refractivity contribution in [3.63, 3.8) is 0 Å². The summed E-state index contributed by atoms with van der Waals surface area (Å²) >= 11 is 0. The fourth-order valence-electron chi connectivity index (χ4n) is 1.92. The van der Waals surface area contributed by atoms with Gasteiger partial charge < -0.3 is 5.11 Å². The topological polar surface area (TPSA) is 37.3 Å². The summed E-state index contributed by atoms with van der Waals surface area (Å²) in [5, 5.41) is 8.32. The maximum atomic E-state index is 13.3. The highest BCUT2D eigenvalue weighted by molar-refractivity contribution is 5.66. The molecule has 0 rings (SSSR count). The number of aliphatic carboxylic acids is 1. The third kappa shape index (κ3) is 5.12. The van der Waals surface area contributed by atoms with Crippen molar-refractivity contribution in [2.45, 2.75) is 74.8 Å². The van der Waals surface area contributed by atoms with Crippen LogP contribution in [0.4, 0.5) is 48.3 Å². The standard InChI is InChI=1S/C13H15F11O2/c14-9(15,7-5-3-1-2-4-6-8(25)26)10(16,17)11(18,19)12(20,21)13(22,23)24/h1-7H2,(H,25,26). The van der Waals surface area contributed by atoms with E-state index < -0.39 is 48.7 Å². The summed E-state index contributed by atoms with van der Waals surface area (Å²) in [5.74, 6) is -28.6. The number of carbonyl (C=O) groups is 1. The van der Waals surface area contributed by atoms with E-state index in [4.69, 9.17) is 5.11 Å². The van der Waals surface area contributed by atoms with E-state index in [2.05, 4.69) is 0 Å². The third-order valence-electron chi connectivity index (χ3n) is 3.49. The van der Waals surface area contributed by atoms with Crippen LogP contribution >= 0.6 is 0 Å². The van der Waals surface area contributed by atoms with E-state index in [1.165, 1.54) is 0 Å². The van der Waals surface area contributed by atoms with Crippen LogP contribution in [0.2, 0.25) is 0 Å². The lowest BCUT2D eigenvalue weighted by Crippen LogP contribution is -2.66. The van der Waals surface area contributed by atoms with Gasteiger partial charge in [0.05, 0.1) is 0 Å². The second-order valence-electron chi connectivity index (χ2n) is 5.59. The summed E-state index contributed by atoms with van der Waals surface area (Å²) in [4.78, 5) is 10.2. The summed E-state index contributed by atoms with van der Waals surface area (Å²) in [5.41, 5.74) is 0. The first-order valence-electron chi connectivity index (χ1n) is 7.21. The minimum absolute atomic E-state index is 0.0596. The smallest absolute Gasteiger partial charge is 0.460 e. The molecule has 1 N–H and O–H groups in total. The molecule has 0 atom stereocenters. The molecule has 0 spiro atoms. The fraction of sp³-hybridized carbons (Fsp3) is 0.923. The summed E-state index contributed by atoms with van der Waals surface area (Å²) in [6.07, 6.45) is -10.2. The second kappa shape index (κ2) is 8.15. The maximum Gasteiger partial charge on any atom is 0.460 e. The van der Waals surface area contributed by atoms with Crippen molar-refractivity contribution < 1.29 is 58.2 Å². The van der Waals surface area contributed by atoms with Gasteiger partial charge in [-0.15, -0.1) is 0 Å². The molecule has 0 unspecified atom stereocenters. The molecular formula is C13H15F11O2. The number of halogens is 11. The molecule has 0 saturated heterocycles. The number of hydrogen-bond acceptors (Lipinski definition) is 1. The molecule has 26 heavy (non-hydrogen) atoms. The van der Waals surface area contributed by atoms with Crippen LogP contribution in [-0.4, -0.2) is 40.9 Å². The van der Waals surface area contributed by atoms with Crippen molar-refractivity contribution in [2.75, 3.05) is 0 Å². The lowest BCUT2D eigenvalue weighted by atomic mass is 9.94. The number of alkyl halides is 11. The Bertz CT molecular complexity index is 471. The highest BCUT2D eigenvalue weighted by atomic mass is 19.4. The van der Waals surface area contributed by atoms with Crippen LogP contribution in [0.5, 0.6) is 0 Å². The van der Waals surface area contributed by atoms with E-state index in [9.17, 15) is 53.1 Å². The van der Waals surface area contributed by atoms with Crippen molar-refractivity contribution in [1.29, 1.82) is 0 Å². The molecule has 0 amide bonds. The molecular weight excluding hydrogens is 397 g/mol. The lowest BCUT2D eigenvalue weighted by molar-refractivity contribution is -0.422. The van der Waals surface area contributed by atoms with Gasteiger partial charge in [0.25, 0.3) is 0 Å². The second-order valence-corrected chi connectivity index (χ2v) is 5.59. The van der Waals surface area contributed by atoms with Gasteiger partial charge in [0, 0.05) is 12.8 Å². The van der Waals surface area contributed by atoms with Gasteiger partial charge in [-0.05, 0) is 12.8 Å². The van der Waals surface area contributed by atoms with Crippen LogP contribution in [0.15, 0.2) is 0 Å². The molecule has 0 fully saturated rings.